The minimum absolute atomic E-state index is 0.0207. The average molecular weight is 506 g/mol. The molecule has 0 bridgehead atoms. The zero-order valence-electron chi connectivity index (χ0n) is 21.5. The first-order valence-electron chi connectivity index (χ1n) is 12.6. The van der Waals surface area contributed by atoms with E-state index in [-0.39, 0.29) is 12.5 Å². The van der Waals surface area contributed by atoms with E-state index in [0.717, 1.165) is 54.9 Å². The van der Waals surface area contributed by atoms with Crippen LogP contribution in [0.4, 0.5) is 0 Å². The molecule has 0 radical (unpaired) electrons. The van der Waals surface area contributed by atoms with E-state index in [1.165, 1.54) is 11.1 Å². The van der Waals surface area contributed by atoms with Crippen molar-refractivity contribution < 1.29 is 9.53 Å². The summed E-state index contributed by atoms with van der Waals surface area (Å²) in [7, 11) is 4.32. The third-order valence-corrected chi connectivity index (χ3v) is 7.14. The summed E-state index contributed by atoms with van der Waals surface area (Å²) in [6.45, 7) is 5.44. The van der Waals surface area contributed by atoms with Gasteiger partial charge >= 0.3 is 0 Å². The van der Waals surface area contributed by atoms with E-state index >= 15 is 0 Å². The van der Waals surface area contributed by atoms with E-state index in [4.69, 9.17) is 16.3 Å². The van der Waals surface area contributed by atoms with Gasteiger partial charge in [-0.05, 0) is 87.9 Å². The number of nitrogens with one attached hydrogen (secondary N) is 1. The SMILES string of the molecule is Cc1ccc(-c2ccc(OCC(=O)NCc3ccc(Cl)cc3)c(CN3CCC(N(C)C)CC3)c2)cc1. The van der Waals surface area contributed by atoms with Gasteiger partial charge in [-0.2, -0.15) is 0 Å². The second-order valence-corrected chi connectivity index (χ2v) is 10.3. The smallest absolute Gasteiger partial charge is 0.258 e. The molecule has 1 heterocycles. The number of aryl methyl sites for hydroxylation is 1. The van der Waals surface area contributed by atoms with Crippen LogP contribution in [-0.2, 0) is 17.9 Å². The minimum atomic E-state index is -0.148. The number of nitrogens with zero attached hydrogens (tertiary/aromatic N) is 2. The van der Waals surface area contributed by atoms with Gasteiger partial charge in [0.05, 0.1) is 0 Å². The molecule has 0 saturated carbocycles. The van der Waals surface area contributed by atoms with Gasteiger partial charge < -0.3 is 15.0 Å². The maximum Gasteiger partial charge on any atom is 0.258 e. The fraction of sp³-hybridized carbons (Fsp3) is 0.367. The average Bonchev–Trinajstić information content (AvgIpc) is 2.88. The quantitative estimate of drug-likeness (QED) is 0.415. The van der Waals surface area contributed by atoms with Crippen molar-refractivity contribution in [1.82, 2.24) is 15.1 Å². The monoisotopic (exact) mass is 505 g/mol. The Morgan fingerprint density at radius 1 is 1.00 bits per heavy atom. The lowest BCUT2D eigenvalue weighted by Gasteiger charge is -2.35. The number of piperidine rings is 1. The molecule has 1 N–H and O–H groups in total. The van der Waals surface area contributed by atoms with E-state index in [2.05, 4.69) is 72.5 Å². The van der Waals surface area contributed by atoms with Gasteiger partial charge in [-0.25, -0.2) is 0 Å². The van der Waals surface area contributed by atoms with E-state index in [1.807, 2.05) is 30.3 Å². The van der Waals surface area contributed by atoms with Crippen molar-refractivity contribution in [3.63, 3.8) is 0 Å². The summed E-state index contributed by atoms with van der Waals surface area (Å²) >= 11 is 5.94. The Morgan fingerprint density at radius 3 is 2.33 bits per heavy atom. The normalized spacial score (nSPS) is 14.7. The third-order valence-electron chi connectivity index (χ3n) is 6.89. The van der Waals surface area contributed by atoms with Crippen LogP contribution in [0.1, 0.15) is 29.5 Å². The van der Waals surface area contributed by atoms with Gasteiger partial charge in [-0.1, -0.05) is 59.6 Å². The number of rotatable bonds is 9. The van der Waals surface area contributed by atoms with E-state index in [1.54, 1.807) is 0 Å². The van der Waals surface area contributed by atoms with Crippen molar-refractivity contribution in [3.05, 3.63) is 88.4 Å². The molecule has 1 amide bonds. The molecule has 3 aromatic rings. The molecule has 36 heavy (non-hydrogen) atoms. The van der Waals surface area contributed by atoms with E-state index in [9.17, 15) is 4.79 Å². The number of halogens is 1. The Kier molecular flexibility index (Phi) is 9.03. The maximum atomic E-state index is 12.5. The van der Waals surface area contributed by atoms with Crippen LogP contribution in [0.25, 0.3) is 11.1 Å². The second kappa shape index (κ2) is 12.4. The lowest BCUT2D eigenvalue weighted by atomic mass is 9.99. The largest absolute Gasteiger partial charge is 0.483 e. The Bertz CT molecular complexity index is 1140. The first-order chi connectivity index (χ1) is 17.4. The Balaban J connectivity index is 1.43. The number of hydrogen-bond acceptors (Lipinski definition) is 4. The fourth-order valence-corrected chi connectivity index (χ4v) is 4.73. The summed E-state index contributed by atoms with van der Waals surface area (Å²) in [6, 6.07) is 23.0. The highest BCUT2D eigenvalue weighted by Gasteiger charge is 2.22. The van der Waals surface area contributed by atoms with Crippen LogP contribution < -0.4 is 10.1 Å². The van der Waals surface area contributed by atoms with Crippen LogP contribution in [0.15, 0.2) is 66.7 Å². The summed E-state index contributed by atoms with van der Waals surface area (Å²) in [6.07, 6.45) is 2.32. The summed E-state index contributed by atoms with van der Waals surface area (Å²) in [5, 5.41) is 3.61. The standard InChI is InChI=1S/C30H36ClN3O2/c1-22-4-8-24(9-5-22)25-10-13-29(26(18-25)20-34-16-14-28(15-17-34)33(2)3)36-21-30(35)32-19-23-6-11-27(31)12-7-23/h4-13,18,28H,14-17,19-21H2,1-3H3,(H,32,35). The van der Waals surface area contributed by atoms with Crippen molar-refractivity contribution in [2.24, 2.45) is 0 Å². The van der Waals surface area contributed by atoms with Gasteiger partial charge in [0.1, 0.15) is 5.75 Å². The molecule has 0 aliphatic carbocycles. The highest BCUT2D eigenvalue weighted by molar-refractivity contribution is 6.30. The summed E-state index contributed by atoms with van der Waals surface area (Å²) in [5.41, 5.74) is 5.69. The zero-order valence-corrected chi connectivity index (χ0v) is 22.2. The molecule has 1 saturated heterocycles. The van der Waals surface area contributed by atoms with Gasteiger partial charge in [0.2, 0.25) is 0 Å². The molecule has 5 nitrogen and oxygen atoms in total. The Labute approximate surface area is 220 Å². The molecule has 1 fully saturated rings. The molecule has 6 heteroatoms. The van der Waals surface area contributed by atoms with Crippen LogP contribution in [0.5, 0.6) is 5.75 Å². The van der Waals surface area contributed by atoms with Crippen molar-refractivity contribution in [2.45, 2.75) is 38.9 Å². The molecule has 0 spiro atoms. The van der Waals surface area contributed by atoms with Crippen molar-refractivity contribution in [2.75, 3.05) is 33.8 Å². The van der Waals surface area contributed by atoms with Gasteiger partial charge in [0.25, 0.3) is 5.91 Å². The number of benzene rings is 3. The first kappa shape index (κ1) is 26.2. The molecule has 3 aromatic carbocycles. The van der Waals surface area contributed by atoms with Crippen LogP contribution >= 0.6 is 11.6 Å². The minimum Gasteiger partial charge on any atom is -0.483 e. The van der Waals surface area contributed by atoms with Gasteiger partial charge in [0.15, 0.2) is 6.61 Å². The summed E-state index contributed by atoms with van der Waals surface area (Å²) in [5.74, 6) is 0.618. The summed E-state index contributed by atoms with van der Waals surface area (Å²) < 4.78 is 6.05. The van der Waals surface area contributed by atoms with Gasteiger partial charge in [-0.15, -0.1) is 0 Å². The summed E-state index contributed by atoms with van der Waals surface area (Å²) in [4.78, 5) is 17.3. The Morgan fingerprint density at radius 2 is 1.67 bits per heavy atom. The Hall–Kier alpha value is -2.86. The number of hydrogen-bond donors (Lipinski definition) is 1. The maximum absolute atomic E-state index is 12.5. The molecule has 190 valence electrons. The molecule has 0 aromatic heterocycles. The van der Waals surface area contributed by atoms with E-state index < -0.39 is 0 Å². The highest BCUT2D eigenvalue weighted by atomic mass is 35.5. The highest BCUT2D eigenvalue weighted by Crippen LogP contribution is 2.29. The number of likely N-dealkylation sites (tertiary alicyclic amines) is 1. The molecular formula is C30H36ClN3O2. The first-order valence-corrected chi connectivity index (χ1v) is 13.0. The molecule has 4 rings (SSSR count). The number of ether oxygens (including phenoxy) is 1. The number of carbonyl (C=O) groups excluding carboxylic acids is 1. The molecule has 0 unspecified atom stereocenters. The predicted octanol–water partition coefficient (Wildman–Crippen LogP) is 5.54. The molecule has 1 aliphatic rings. The van der Waals surface area contributed by atoms with E-state index in [0.29, 0.717) is 17.6 Å². The number of amides is 1. The van der Waals surface area contributed by atoms with Crippen LogP contribution in [0, 0.1) is 6.92 Å². The van der Waals surface area contributed by atoms with Crippen molar-refractivity contribution in [1.29, 1.82) is 0 Å². The van der Waals surface area contributed by atoms with Crippen LogP contribution in [0.2, 0.25) is 5.02 Å². The number of carbonyl (C=O) groups is 1. The zero-order chi connectivity index (χ0) is 25.5. The topological polar surface area (TPSA) is 44.8 Å². The van der Waals surface area contributed by atoms with Crippen LogP contribution in [0.3, 0.4) is 0 Å². The lowest BCUT2D eigenvalue weighted by molar-refractivity contribution is -0.123. The van der Waals surface area contributed by atoms with Gasteiger partial charge in [-0.3, -0.25) is 9.69 Å². The van der Waals surface area contributed by atoms with Crippen LogP contribution in [-0.4, -0.2) is 55.5 Å². The van der Waals surface area contributed by atoms with Crippen molar-refractivity contribution >= 4 is 17.5 Å². The van der Waals surface area contributed by atoms with Crippen molar-refractivity contribution in [3.8, 4) is 16.9 Å². The fourth-order valence-electron chi connectivity index (χ4n) is 4.60. The second-order valence-electron chi connectivity index (χ2n) is 9.85. The lowest BCUT2D eigenvalue weighted by Crippen LogP contribution is -2.41. The van der Waals surface area contributed by atoms with Gasteiger partial charge in [0, 0.05) is 29.7 Å². The third kappa shape index (κ3) is 7.33. The molecule has 1 aliphatic heterocycles. The molecular weight excluding hydrogens is 470 g/mol. The predicted molar refractivity (Wildman–Crippen MR) is 147 cm³/mol. The molecule has 0 atom stereocenters.